The molecule has 1 aromatic carbocycles. The molecule has 152 valence electrons. The summed E-state index contributed by atoms with van der Waals surface area (Å²) in [5, 5.41) is 8.53. The number of carboxylic acids is 1. The highest BCUT2D eigenvalue weighted by atomic mass is 32.2. The van der Waals surface area contributed by atoms with Crippen LogP contribution in [-0.2, 0) is 9.59 Å². The molecule has 0 spiro atoms. The van der Waals surface area contributed by atoms with E-state index in [4.69, 9.17) is 14.6 Å². The zero-order valence-corrected chi connectivity index (χ0v) is 17.1. The van der Waals surface area contributed by atoms with Crippen LogP contribution in [-0.4, -0.2) is 41.6 Å². The van der Waals surface area contributed by atoms with Gasteiger partial charge in [0.05, 0.1) is 18.1 Å². The number of hydrogen-bond donors (Lipinski definition) is 1. The second-order valence-corrected chi connectivity index (χ2v) is 7.49. The molecule has 1 N–H and O–H groups in total. The average Bonchev–Trinajstić information content (AvgIpc) is 2.65. The maximum Gasteiger partial charge on any atom is 0.313 e. The Morgan fingerprint density at radius 1 is 0.852 bits per heavy atom. The first-order valence-electron chi connectivity index (χ1n) is 9.78. The normalized spacial score (nSPS) is 10.6. The lowest BCUT2D eigenvalue weighted by Crippen LogP contribution is -2.14. The number of carbonyl (C=O) groups is 2. The van der Waals surface area contributed by atoms with E-state index < -0.39 is 5.97 Å². The zero-order valence-electron chi connectivity index (χ0n) is 16.3. The minimum atomic E-state index is -0.920. The Balaban J connectivity index is 2.08. The van der Waals surface area contributed by atoms with E-state index >= 15 is 0 Å². The van der Waals surface area contributed by atoms with Crippen molar-refractivity contribution in [3.8, 4) is 11.5 Å². The van der Waals surface area contributed by atoms with Gasteiger partial charge in [-0.15, -0.1) is 11.8 Å². The zero-order chi connectivity index (χ0) is 19.7. The van der Waals surface area contributed by atoms with E-state index in [1.807, 2.05) is 12.1 Å². The van der Waals surface area contributed by atoms with E-state index in [0.717, 1.165) is 23.9 Å². The molecule has 1 rings (SSSR count). The molecular formula is C21H32O5S. The van der Waals surface area contributed by atoms with Gasteiger partial charge in [-0.05, 0) is 30.7 Å². The van der Waals surface area contributed by atoms with Gasteiger partial charge in [0.25, 0.3) is 0 Å². The summed E-state index contributed by atoms with van der Waals surface area (Å²) in [4.78, 5) is 22.0. The molecule has 0 aliphatic rings. The predicted octanol–water partition coefficient (Wildman–Crippen LogP) is 4.97. The monoisotopic (exact) mass is 396 g/mol. The number of thioether (sulfide) groups is 1. The third-order valence-corrected chi connectivity index (χ3v) is 4.96. The summed E-state index contributed by atoms with van der Waals surface area (Å²) >= 11 is 1.08. The van der Waals surface area contributed by atoms with Crippen LogP contribution in [0.2, 0.25) is 0 Å². The van der Waals surface area contributed by atoms with Gasteiger partial charge in [-0.25, -0.2) is 0 Å². The van der Waals surface area contributed by atoms with Crippen LogP contribution in [0.3, 0.4) is 0 Å². The molecule has 0 fully saturated rings. The van der Waals surface area contributed by atoms with Crippen molar-refractivity contribution in [1.82, 2.24) is 0 Å². The summed E-state index contributed by atoms with van der Waals surface area (Å²) in [5.74, 6) is 0.426. The third-order valence-electron chi connectivity index (χ3n) is 3.98. The molecule has 0 bridgehead atoms. The molecule has 0 aliphatic carbocycles. The highest BCUT2D eigenvalue weighted by molar-refractivity contribution is 8.00. The Bertz CT molecular complexity index is 530. The molecule has 0 heterocycles. The maximum atomic E-state index is 11.6. The average molecular weight is 397 g/mol. The highest BCUT2D eigenvalue weighted by Gasteiger charge is 2.06. The first-order valence-corrected chi connectivity index (χ1v) is 10.9. The molecular weight excluding hydrogens is 364 g/mol. The number of ether oxygens (including phenoxy) is 2. The molecule has 0 unspecified atom stereocenters. The summed E-state index contributed by atoms with van der Waals surface area (Å²) in [6.07, 6.45) is 10.2. The summed E-state index contributed by atoms with van der Waals surface area (Å²) < 4.78 is 11.1. The predicted molar refractivity (Wildman–Crippen MR) is 110 cm³/mol. The number of unbranched alkanes of at least 4 members (excludes halogenated alkanes) is 7. The largest absolute Gasteiger partial charge is 0.494 e. The van der Waals surface area contributed by atoms with Crippen LogP contribution in [0.5, 0.6) is 11.5 Å². The molecule has 0 aliphatic heterocycles. The van der Waals surface area contributed by atoms with Crippen molar-refractivity contribution < 1.29 is 24.2 Å². The van der Waals surface area contributed by atoms with Gasteiger partial charge in [0.1, 0.15) is 18.1 Å². The van der Waals surface area contributed by atoms with Crippen molar-refractivity contribution in [1.29, 1.82) is 0 Å². The number of benzene rings is 1. The quantitative estimate of drug-likeness (QED) is 0.375. The van der Waals surface area contributed by atoms with E-state index in [9.17, 15) is 9.59 Å². The Kier molecular flexibility index (Phi) is 13.3. The summed E-state index contributed by atoms with van der Waals surface area (Å²) in [6, 6.07) is 7.23. The number of carbonyl (C=O) groups excluding carboxylic acids is 1. The van der Waals surface area contributed by atoms with Crippen LogP contribution in [0.25, 0.3) is 0 Å². The molecule has 0 saturated carbocycles. The van der Waals surface area contributed by atoms with Crippen molar-refractivity contribution in [3.05, 3.63) is 24.3 Å². The molecule has 27 heavy (non-hydrogen) atoms. The minimum absolute atomic E-state index is 0.0505. The topological polar surface area (TPSA) is 72.8 Å². The third kappa shape index (κ3) is 13.2. The van der Waals surface area contributed by atoms with E-state index in [1.54, 1.807) is 12.1 Å². The standard InChI is InChI=1S/C21H32O5S/c1-2-3-4-5-6-7-8-9-14-25-19-10-12-20(13-11-19)26-15-18(22)16-27-17-21(23)24/h10-13H,2-9,14-17H2,1H3,(H,23,24). The van der Waals surface area contributed by atoms with Gasteiger partial charge >= 0.3 is 5.97 Å². The fourth-order valence-electron chi connectivity index (χ4n) is 2.52. The van der Waals surface area contributed by atoms with Crippen LogP contribution in [0.15, 0.2) is 24.3 Å². The van der Waals surface area contributed by atoms with Crippen LogP contribution in [0.1, 0.15) is 58.3 Å². The Morgan fingerprint density at radius 2 is 1.41 bits per heavy atom. The van der Waals surface area contributed by atoms with E-state index in [1.165, 1.54) is 44.9 Å². The minimum Gasteiger partial charge on any atom is -0.494 e. The van der Waals surface area contributed by atoms with E-state index in [-0.39, 0.29) is 23.9 Å². The number of carboxylic acid groups (broad SMARTS) is 1. The van der Waals surface area contributed by atoms with E-state index in [0.29, 0.717) is 12.4 Å². The van der Waals surface area contributed by atoms with Crippen LogP contribution >= 0.6 is 11.8 Å². The van der Waals surface area contributed by atoms with E-state index in [2.05, 4.69) is 6.92 Å². The highest BCUT2D eigenvalue weighted by Crippen LogP contribution is 2.18. The van der Waals surface area contributed by atoms with Crippen molar-refractivity contribution in [2.45, 2.75) is 58.3 Å². The lowest BCUT2D eigenvalue weighted by molar-refractivity contribution is -0.133. The summed E-state index contributed by atoms with van der Waals surface area (Å²) in [5.41, 5.74) is 0. The molecule has 5 nitrogen and oxygen atoms in total. The first kappa shape index (κ1) is 23.3. The van der Waals surface area contributed by atoms with Gasteiger partial charge in [-0.1, -0.05) is 51.9 Å². The van der Waals surface area contributed by atoms with Crippen LogP contribution in [0, 0.1) is 0 Å². The van der Waals surface area contributed by atoms with Gasteiger partial charge in [-0.2, -0.15) is 0 Å². The fraction of sp³-hybridized carbons (Fsp3) is 0.619. The van der Waals surface area contributed by atoms with Gasteiger partial charge in [0, 0.05) is 0 Å². The molecule has 0 radical (unpaired) electrons. The molecule has 0 amide bonds. The second-order valence-electron chi connectivity index (χ2n) is 6.51. The Hall–Kier alpha value is -1.69. The molecule has 0 aromatic heterocycles. The number of hydrogen-bond acceptors (Lipinski definition) is 5. The maximum absolute atomic E-state index is 11.6. The Labute approximate surface area is 166 Å². The van der Waals surface area contributed by atoms with Gasteiger partial charge in [0.15, 0.2) is 5.78 Å². The van der Waals surface area contributed by atoms with Crippen LogP contribution < -0.4 is 9.47 Å². The lowest BCUT2D eigenvalue weighted by atomic mass is 10.1. The first-order chi connectivity index (χ1) is 13.1. The number of rotatable bonds is 17. The number of Topliss-reactive ketones (excluding diaryl/α,β-unsaturated/α-hetero) is 1. The summed E-state index contributed by atoms with van der Waals surface area (Å²) in [7, 11) is 0. The second kappa shape index (κ2) is 15.4. The number of ketones is 1. The molecule has 6 heteroatoms. The molecule has 0 atom stereocenters. The lowest BCUT2D eigenvalue weighted by Gasteiger charge is -2.08. The summed E-state index contributed by atoms with van der Waals surface area (Å²) in [6.45, 7) is 2.90. The molecule has 0 saturated heterocycles. The molecule has 1 aromatic rings. The fourth-order valence-corrected chi connectivity index (χ4v) is 3.10. The Morgan fingerprint density at radius 3 is 2.00 bits per heavy atom. The van der Waals surface area contributed by atoms with Gasteiger partial charge < -0.3 is 14.6 Å². The van der Waals surface area contributed by atoms with Crippen molar-refractivity contribution in [3.63, 3.8) is 0 Å². The smallest absolute Gasteiger partial charge is 0.313 e. The van der Waals surface area contributed by atoms with Crippen molar-refractivity contribution in [2.75, 3.05) is 24.7 Å². The SMILES string of the molecule is CCCCCCCCCCOc1ccc(OCC(=O)CSCC(=O)O)cc1. The van der Waals surface area contributed by atoms with Crippen molar-refractivity contribution in [2.24, 2.45) is 0 Å². The van der Waals surface area contributed by atoms with Gasteiger partial charge in [0.2, 0.25) is 0 Å². The van der Waals surface area contributed by atoms with Gasteiger partial charge in [-0.3, -0.25) is 9.59 Å². The van der Waals surface area contributed by atoms with Crippen molar-refractivity contribution >= 4 is 23.5 Å². The number of aliphatic carboxylic acids is 1. The van der Waals surface area contributed by atoms with Crippen LogP contribution in [0.4, 0.5) is 0 Å².